The third kappa shape index (κ3) is 4.31. The summed E-state index contributed by atoms with van der Waals surface area (Å²) in [6.45, 7) is 2.01. The van der Waals surface area contributed by atoms with Crippen LogP contribution >= 0.6 is 0 Å². The first-order valence-electron chi connectivity index (χ1n) is 11.4. The van der Waals surface area contributed by atoms with Gasteiger partial charge in [0.05, 0.1) is 34.3 Å². The van der Waals surface area contributed by atoms with Gasteiger partial charge in [0.25, 0.3) is 0 Å². The smallest absolute Gasteiger partial charge is 0.322 e. The maximum Gasteiger partial charge on any atom is 0.322 e. The second-order valence-corrected chi connectivity index (χ2v) is 6.11. The summed E-state index contributed by atoms with van der Waals surface area (Å²) in [7, 11) is 1.53. The Kier molecular flexibility index (Phi) is 3.38. The van der Waals surface area contributed by atoms with Crippen molar-refractivity contribution in [1.82, 2.24) is 15.0 Å². The van der Waals surface area contributed by atoms with Gasteiger partial charge in [0.1, 0.15) is 5.75 Å². The molecule has 132 valence electrons. The summed E-state index contributed by atoms with van der Waals surface area (Å²) in [5, 5.41) is -0.410. The molecule has 0 amide bonds. The standard InChI is InChI=1S/C18H21N3O3S/c1-13-16(19-9-8-17(13)24-11-5-10-23-2)12-25(22)18-20-14-6-3-4-7-15(14)21-18/h3-4,6-9H,5,10-12H2,1-2H3,(H,20,21)/i3D,4D,6D,7D,8D,9D,12D2. The first kappa shape index (κ1) is 10.2. The lowest BCUT2D eigenvalue weighted by molar-refractivity contribution is 0.172. The van der Waals surface area contributed by atoms with Crippen LogP contribution in [0.2, 0.25) is 0 Å². The third-order valence-electron chi connectivity index (χ3n) is 3.25. The van der Waals surface area contributed by atoms with Gasteiger partial charge in [0.15, 0.2) is 5.70 Å². The summed E-state index contributed by atoms with van der Waals surface area (Å²) in [6, 6.07) is -2.22. The Morgan fingerprint density at radius 3 is 3.00 bits per heavy atom. The van der Waals surface area contributed by atoms with Crippen molar-refractivity contribution < 1.29 is 25.0 Å². The molecule has 0 radical (unpaired) electrons. The predicted octanol–water partition coefficient (Wildman–Crippen LogP) is 2.99. The minimum absolute atomic E-state index is 0.0498. The quantitative estimate of drug-likeness (QED) is 0.489. The number of imidazole rings is 1. The summed E-state index contributed by atoms with van der Waals surface area (Å²) in [4.78, 5) is 10.3. The first-order chi connectivity index (χ1) is 15.4. The molecule has 0 bridgehead atoms. The number of benzene rings is 1. The van der Waals surface area contributed by atoms with E-state index in [2.05, 4.69) is 15.0 Å². The normalized spacial score (nSPS) is 17.6. The molecule has 6 nitrogen and oxygen atoms in total. The molecule has 2 heterocycles. The second kappa shape index (κ2) is 8.33. The number of methoxy groups -OCH3 is 1. The Morgan fingerprint density at radius 2 is 2.16 bits per heavy atom. The number of hydrogen-bond donors (Lipinski definition) is 1. The number of hydrogen-bond acceptors (Lipinski definition) is 5. The van der Waals surface area contributed by atoms with Gasteiger partial charge in [0.2, 0.25) is 0 Å². The Balaban J connectivity index is 2.06. The van der Waals surface area contributed by atoms with Crippen LogP contribution in [0.1, 0.15) is 28.6 Å². The number of aromatic amines is 1. The second-order valence-electron chi connectivity index (χ2n) is 4.98. The molecule has 0 aliphatic rings. The summed E-state index contributed by atoms with van der Waals surface area (Å²) in [5.41, 5.74) is -3.23. The molecule has 0 spiro atoms. The number of para-hydroxylation sites is 2. The molecule has 25 heavy (non-hydrogen) atoms. The third-order valence-corrected chi connectivity index (χ3v) is 4.17. The van der Waals surface area contributed by atoms with Gasteiger partial charge in [-0.25, -0.2) is 0 Å². The van der Waals surface area contributed by atoms with E-state index < -0.39 is 52.4 Å². The van der Waals surface area contributed by atoms with Crippen molar-refractivity contribution >= 4 is 22.2 Å². The highest BCUT2D eigenvalue weighted by molar-refractivity contribution is 7.90. The van der Waals surface area contributed by atoms with Gasteiger partial charge >= 0.3 is 5.16 Å². The van der Waals surface area contributed by atoms with E-state index in [9.17, 15) is 4.55 Å². The van der Waals surface area contributed by atoms with Crippen molar-refractivity contribution in [3.05, 3.63) is 47.6 Å². The van der Waals surface area contributed by atoms with E-state index in [4.69, 9.17) is 20.4 Å². The fourth-order valence-corrected chi connectivity index (χ4v) is 2.82. The Morgan fingerprint density at radius 1 is 1.32 bits per heavy atom. The largest absolute Gasteiger partial charge is 0.609 e. The van der Waals surface area contributed by atoms with Crippen LogP contribution in [0.15, 0.2) is 41.5 Å². The molecule has 0 aliphatic carbocycles. The van der Waals surface area contributed by atoms with E-state index in [1.54, 1.807) is 0 Å². The van der Waals surface area contributed by atoms with Gasteiger partial charge in [-0.1, -0.05) is 12.1 Å². The lowest BCUT2D eigenvalue weighted by Gasteiger charge is -2.12. The van der Waals surface area contributed by atoms with Crippen molar-refractivity contribution in [1.29, 1.82) is 0 Å². The maximum atomic E-state index is 13.2. The molecule has 1 atom stereocenters. The molecular formula is C18H21N3O3S. The van der Waals surface area contributed by atoms with Crippen LogP contribution < -0.4 is 4.74 Å². The number of pyridine rings is 1. The minimum Gasteiger partial charge on any atom is -0.609 e. The number of H-pyrrole nitrogens is 1. The summed E-state index contributed by atoms with van der Waals surface area (Å²) >= 11 is -2.55. The van der Waals surface area contributed by atoms with Gasteiger partial charge < -0.3 is 14.0 Å². The van der Waals surface area contributed by atoms with Gasteiger partial charge in [-0.05, 0) is 25.1 Å². The van der Waals surface area contributed by atoms with Gasteiger partial charge in [-0.3, -0.25) is 9.97 Å². The van der Waals surface area contributed by atoms with E-state index in [0.29, 0.717) is 13.0 Å². The lowest BCUT2D eigenvalue weighted by atomic mass is 10.2. The zero-order chi connectivity index (χ0) is 24.7. The number of rotatable bonds is 8. The molecule has 7 heteroatoms. The molecule has 3 rings (SSSR count). The maximum absolute atomic E-state index is 13.2. The molecule has 3 aromatic rings. The van der Waals surface area contributed by atoms with Gasteiger partial charge in [0, 0.05) is 43.0 Å². The van der Waals surface area contributed by atoms with Crippen LogP contribution in [-0.4, -0.2) is 39.8 Å². The summed E-state index contributed by atoms with van der Waals surface area (Å²) in [5.74, 6) is -0.0498. The summed E-state index contributed by atoms with van der Waals surface area (Å²) in [6.07, 6.45) is -0.0543. The Labute approximate surface area is 161 Å². The monoisotopic (exact) mass is 367 g/mol. The lowest BCUT2D eigenvalue weighted by Crippen LogP contribution is -2.10. The highest BCUT2D eigenvalue weighted by Crippen LogP contribution is 2.24. The van der Waals surface area contributed by atoms with Gasteiger partial charge in [-0.2, -0.15) is 4.98 Å². The van der Waals surface area contributed by atoms with Crippen molar-refractivity contribution in [2.45, 2.75) is 24.2 Å². The number of nitrogens with one attached hydrogen (secondary N) is 1. The molecule has 1 N–H and O–H groups in total. The average molecular weight is 367 g/mol. The number of nitrogens with zero attached hydrogens (tertiary/aromatic N) is 2. The average Bonchev–Trinajstić information content (AvgIpc) is 3.23. The Hall–Kier alpha value is -2.09. The first-order valence-corrected chi connectivity index (χ1v) is 8.56. The van der Waals surface area contributed by atoms with E-state index in [1.807, 2.05) is 0 Å². The van der Waals surface area contributed by atoms with Crippen LogP contribution in [0, 0.1) is 6.92 Å². The topological polar surface area (TPSA) is 83.1 Å². The molecule has 1 unspecified atom stereocenters. The highest BCUT2D eigenvalue weighted by atomic mass is 32.2. The SMILES string of the molecule is [2H]c1nc(C([2H])([2H])[S+]([O-])c2nc3c([2H])c([2H])c([2H])c([2H])c3[nH]2)c(C)c(OCCCOC)c1[2H]. The molecule has 0 fully saturated rings. The van der Waals surface area contributed by atoms with E-state index in [-0.39, 0.29) is 40.7 Å². The molecule has 1 aromatic carbocycles. The zero-order valence-electron chi connectivity index (χ0n) is 21.6. The fraction of sp³-hybridized carbons (Fsp3) is 0.333. The van der Waals surface area contributed by atoms with Crippen LogP contribution in [0.3, 0.4) is 0 Å². The van der Waals surface area contributed by atoms with E-state index in [0.717, 1.165) is 0 Å². The number of fused-ring (bicyclic) bond motifs is 1. The molecule has 0 saturated heterocycles. The van der Waals surface area contributed by atoms with Gasteiger partial charge in [-0.15, -0.1) is 0 Å². The van der Waals surface area contributed by atoms with Crippen molar-refractivity contribution in [3.63, 3.8) is 0 Å². The van der Waals surface area contributed by atoms with Crippen molar-refractivity contribution in [2.24, 2.45) is 0 Å². The van der Waals surface area contributed by atoms with Crippen molar-refractivity contribution in [2.75, 3.05) is 20.3 Å². The zero-order valence-corrected chi connectivity index (χ0v) is 14.5. The predicted molar refractivity (Wildman–Crippen MR) is 97.2 cm³/mol. The number of aromatic nitrogens is 3. The van der Waals surface area contributed by atoms with Crippen LogP contribution in [0.25, 0.3) is 11.0 Å². The van der Waals surface area contributed by atoms with Crippen LogP contribution in [-0.2, 0) is 21.6 Å². The fourth-order valence-electron chi connectivity index (χ4n) is 1.98. The molecule has 0 aliphatic heterocycles. The molecular weight excluding hydrogens is 338 g/mol. The van der Waals surface area contributed by atoms with E-state index >= 15 is 0 Å². The van der Waals surface area contributed by atoms with Crippen LogP contribution in [0.5, 0.6) is 5.75 Å². The Bertz CT molecular complexity index is 1160. The van der Waals surface area contributed by atoms with Crippen molar-refractivity contribution in [3.8, 4) is 5.75 Å². The summed E-state index contributed by atoms with van der Waals surface area (Å²) < 4.78 is 88.1. The highest BCUT2D eigenvalue weighted by Gasteiger charge is 2.20. The molecule has 0 saturated carbocycles. The number of ether oxygens (including phenoxy) is 2. The van der Waals surface area contributed by atoms with E-state index in [1.165, 1.54) is 14.0 Å². The molecule has 2 aromatic heterocycles. The minimum atomic E-state index is -2.69. The van der Waals surface area contributed by atoms with Crippen LogP contribution in [0.4, 0.5) is 0 Å².